The molecule has 112 valence electrons. The highest BCUT2D eigenvalue weighted by Crippen LogP contribution is 2.35. The van der Waals surface area contributed by atoms with Crippen LogP contribution in [0.4, 0.5) is 0 Å². The van der Waals surface area contributed by atoms with E-state index in [2.05, 4.69) is 34.0 Å². The molecule has 0 radical (unpaired) electrons. The molecule has 1 unspecified atom stereocenters. The average Bonchev–Trinajstić information content (AvgIpc) is 3.07. The fourth-order valence-corrected chi connectivity index (χ4v) is 3.39. The van der Waals surface area contributed by atoms with Crippen LogP contribution in [0, 0.1) is 0 Å². The summed E-state index contributed by atoms with van der Waals surface area (Å²) in [5, 5.41) is 14.8. The van der Waals surface area contributed by atoms with Gasteiger partial charge in [-0.3, -0.25) is 4.68 Å². The first kappa shape index (κ1) is 14.6. The van der Waals surface area contributed by atoms with Crippen LogP contribution in [-0.4, -0.2) is 21.5 Å². The van der Waals surface area contributed by atoms with E-state index < -0.39 is 6.10 Å². The molecule has 4 nitrogen and oxygen atoms in total. The van der Waals surface area contributed by atoms with Gasteiger partial charge in [0.05, 0.1) is 18.4 Å². The van der Waals surface area contributed by atoms with Crippen LogP contribution in [0.25, 0.3) is 0 Å². The van der Waals surface area contributed by atoms with Gasteiger partial charge in [0, 0.05) is 30.1 Å². The maximum absolute atomic E-state index is 10.6. The molecule has 0 aliphatic carbocycles. The second kappa shape index (κ2) is 6.20. The summed E-state index contributed by atoms with van der Waals surface area (Å²) < 4.78 is 8.64. The van der Waals surface area contributed by atoms with Gasteiger partial charge in [0.15, 0.2) is 0 Å². The van der Waals surface area contributed by atoms with Crippen LogP contribution in [0.3, 0.4) is 0 Å². The molecule has 1 aliphatic rings. The van der Waals surface area contributed by atoms with E-state index in [0.29, 0.717) is 6.42 Å². The minimum atomic E-state index is -0.568. The third-order valence-corrected chi connectivity index (χ3v) is 4.22. The average molecular weight is 351 g/mol. The van der Waals surface area contributed by atoms with Crippen LogP contribution in [0.2, 0.25) is 0 Å². The minimum Gasteiger partial charge on any atom is -0.493 e. The summed E-state index contributed by atoms with van der Waals surface area (Å²) in [6.07, 6.45) is 3.65. The van der Waals surface area contributed by atoms with E-state index >= 15 is 0 Å². The summed E-state index contributed by atoms with van der Waals surface area (Å²) in [5.41, 5.74) is 3.13. The Bertz CT molecular complexity index is 639. The summed E-state index contributed by atoms with van der Waals surface area (Å²) >= 11 is 3.54. The first-order valence-electron chi connectivity index (χ1n) is 7.33. The van der Waals surface area contributed by atoms with Gasteiger partial charge in [-0.1, -0.05) is 22.9 Å². The monoisotopic (exact) mass is 350 g/mol. The predicted molar refractivity (Wildman–Crippen MR) is 84.5 cm³/mol. The van der Waals surface area contributed by atoms with Crippen molar-refractivity contribution < 1.29 is 9.84 Å². The van der Waals surface area contributed by atoms with E-state index in [0.717, 1.165) is 47.5 Å². The predicted octanol–water partition coefficient (Wildman–Crippen LogP) is 3.27. The van der Waals surface area contributed by atoms with Crippen LogP contribution in [0.15, 0.2) is 28.9 Å². The summed E-state index contributed by atoms with van der Waals surface area (Å²) in [7, 11) is 0. The molecule has 3 rings (SSSR count). The van der Waals surface area contributed by atoms with Gasteiger partial charge in [-0.15, -0.1) is 0 Å². The van der Waals surface area contributed by atoms with Crippen molar-refractivity contribution >= 4 is 15.9 Å². The van der Waals surface area contributed by atoms with Crippen molar-refractivity contribution in [3.63, 3.8) is 0 Å². The molecular weight excluding hydrogens is 332 g/mol. The molecule has 1 aromatic heterocycles. The molecule has 0 fully saturated rings. The van der Waals surface area contributed by atoms with Gasteiger partial charge >= 0.3 is 0 Å². The second-order valence-electron chi connectivity index (χ2n) is 5.35. The third kappa shape index (κ3) is 2.99. The molecule has 0 spiro atoms. The Balaban J connectivity index is 1.85. The number of hydrogen-bond acceptors (Lipinski definition) is 3. The Labute approximate surface area is 132 Å². The number of aliphatic hydroxyl groups excluding tert-OH is 1. The lowest BCUT2D eigenvalue weighted by atomic mass is 10.0. The Hall–Kier alpha value is -1.33. The van der Waals surface area contributed by atoms with Crippen LogP contribution < -0.4 is 4.74 Å². The first-order chi connectivity index (χ1) is 10.2. The van der Waals surface area contributed by atoms with E-state index in [1.807, 2.05) is 16.8 Å². The van der Waals surface area contributed by atoms with Crippen molar-refractivity contribution in [1.29, 1.82) is 0 Å². The van der Waals surface area contributed by atoms with Crippen LogP contribution >= 0.6 is 15.9 Å². The number of halogens is 1. The number of benzene rings is 1. The van der Waals surface area contributed by atoms with Gasteiger partial charge in [0.2, 0.25) is 0 Å². The number of rotatable bonds is 5. The maximum Gasteiger partial charge on any atom is 0.125 e. The fraction of sp³-hybridized carbons (Fsp3) is 0.438. The summed E-state index contributed by atoms with van der Waals surface area (Å²) in [6, 6.07) is 6.02. The molecule has 1 N–H and O–H groups in total. The van der Waals surface area contributed by atoms with Crippen molar-refractivity contribution in [3.05, 3.63) is 45.7 Å². The molecule has 0 saturated heterocycles. The molecule has 2 heterocycles. The molecule has 1 aromatic carbocycles. The van der Waals surface area contributed by atoms with Crippen molar-refractivity contribution in [2.45, 2.75) is 38.8 Å². The Kier molecular flexibility index (Phi) is 4.31. The van der Waals surface area contributed by atoms with Crippen LogP contribution in [0.5, 0.6) is 5.75 Å². The number of aliphatic hydroxyl groups is 1. The molecule has 2 aromatic rings. The van der Waals surface area contributed by atoms with Crippen LogP contribution in [-0.2, 0) is 19.4 Å². The molecule has 1 aliphatic heterocycles. The number of aromatic nitrogens is 2. The van der Waals surface area contributed by atoms with Crippen molar-refractivity contribution in [2.75, 3.05) is 6.61 Å². The Morgan fingerprint density at radius 1 is 1.48 bits per heavy atom. The highest BCUT2D eigenvalue weighted by atomic mass is 79.9. The Morgan fingerprint density at radius 3 is 3.14 bits per heavy atom. The fourth-order valence-electron chi connectivity index (χ4n) is 2.84. The summed E-state index contributed by atoms with van der Waals surface area (Å²) in [4.78, 5) is 0. The standard InChI is InChI=1S/C16H19BrN2O2/c1-2-6-19-14(3-5-18-19)15(20)10-12-9-13(17)8-11-4-7-21-16(11)12/h3,5,8-9,15,20H,2,4,6-7,10H2,1H3. The molecular formula is C16H19BrN2O2. The zero-order valence-corrected chi connectivity index (χ0v) is 13.6. The number of ether oxygens (including phenoxy) is 1. The van der Waals surface area contributed by atoms with Gasteiger partial charge in [0.1, 0.15) is 5.75 Å². The largest absolute Gasteiger partial charge is 0.493 e. The highest BCUT2D eigenvalue weighted by molar-refractivity contribution is 9.10. The van der Waals surface area contributed by atoms with Gasteiger partial charge in [-0.25, -0.2) is 0 Å². The van der Waals surface area contributed by atoms with Crippen molar-refractivity contribution in [2.24, 2.45) is 0 Å². The normalized spacial score (nSPS) is 14.8. The van der Waals surface area contributed by atoms with E-state index in [-0.39, 0.29) is 0 Å². The number of hydrogen-bond donors (Lipinski definition) is 1. The van der Waals surface area contributed by atoms with E-state index in [1.165, 1.54) is 5.56 Å². The Morgan fingerprint density at radius 2 is 2.33 bits per heavy atom. The van der Waals surface area contributed by atoms with E-state index in [1.54, 1.807) is 6.20 Å². The van der Waals surface area contributed by atoms with Crippen LogP contribution in [0.1, 0.15) is 36.3 Å². The minimum absolute atomic E-state index is 0.539. The summed E-state index contributed by atoms with van der Waals surface area (Å²) in [5.74, 6) is 0.943. The lowest BCUT2D eigenvalue weighted by Gasteiger charge is -2.15. The van der Waals surface area contributed by atoms with E-state index in [4.69, 9.17) is 4.74 Å². The zero-order chi connectivity index (χ0) is 14.8. The van der Waals surface area contributed by atoms with Gasteiger partial charge in [-0.2, -0.15) is 5.10 Å². The molecule has 1 atom stereocenters. The van der Waals surface area contributed by atoms with Crippen molar-refractivity contribution in [1.82, 2.24) is 9.78 Å². The number of fused-ring (bicyclic) bond motifs is 1. The van der Waals surface area contributed by atoms with Crippen molar-refractivity contribution in [3.8, 4) is 5.75 Å². The van der Waals surface area contributed by atoms with Gasteiger partial charge < -0.3 is 9.84 Å². The third-order valence-electron chi connectivity index (χ3n) is 3.76. The number of nitrogens with zero attached hydrogens (tertiary/aromatic N) is 2. The SMILES string of the molecule is CCCn1nccc1C(O)Cc1cc(Br)cc2c1OCC2. The lowest BCUT2D eigenvalue weighted by molar-refractivity contribution is 0.165. The van der Waals surface area contributed by atoms with Gasteiger partial charge in [-0.05, 0) is 35.7 Å². The topological polar surface area (TPSA) is 47.3 Å². The number of aryl methyl sites for hydroxylation is 1. The molecule has 5 heteroatoms. The first-order valence-corrected chi connectivity index (χ1v) is 8.12. The molecule has 0 bridgehead atoms. The second-order valence-corrected chi connectivity index (χ2v) is 6.27. The summed E-state index contributed by atoms with van der Waals surface area (Å²) in [6.45, 7) is 3.65. The molecule has 0 amide bonds. The maximum atomic E-state index is 10.6. The zero-order valence-electron chi connectivity index (χ0n) is 12.1. The van der Waals surface area contributed by atoms with E-state index in [9.17, 15) is 5.11 Å². The molecule has 21 heavy (non-hydrogen) atoms. The smallest absolute Gasteiger partial charge is 0.125 e. The quantitative estimate of drug-likeness (QED) is 0.900. The molecule has 0 saturated carbocycles. The highest BCUT2D eigenvalue weighted by Gasteiger charge is 2.21. The van der Waals surface area contributed by atoms with Gasteiger partial charge in [0.25, 0.3) is 0 Å². The lowest BCUT2D eigenvalue weighted by Crippen LogP contribution is -2.11.